The highest BCUT2D eigenvalue weighted by atomic mass is 33.1. The Kier molecular flexibility index (Phi) is 11.4. The SMILES string of the molecule is COc1cc([C@@H]2c3cc4c(cc3[C@@H](SS[C@@H]3O[C@H](COC(C)=O)[C@H](OC(C)=O)[C@H](OC(C)=O)[C@H]3OC(C)=O)[C@H]3COC(=O)[C@H]23)OCO4)cc(OC)c1O. The Morgan fingerprint density at radius 3 is 1.94 bits per heavy atom. The van der Waals surface area contributed by atoms with Crippen molar-refractivity contribution >= 4 is 51.4 Å². The van der Waals surface area contributed by atoms with Gasteiger partial charge in [-0.15, -0.1) is 0 Å². The number of benzene rings is 2. The smallest absolute Gasteiger partial charge is 0.310 e. The lowest BCUT2D eigenvalue weighted by Crippen LogP contribution is -2.61. The number of fused-ring (bicyclic) bond motifs is 3. The lowest BCUT2D eigenvalue weighted by Gasteiger charge is -2.44. The summed E-state index contributed by atoms with van der Waals surface area (Å²) in [6.45, 7) is 4.36. The van der Waals surface area contributed by atoms with Crippen LogP contribution in [0.5, 0.6) is 28.7 Å². The second-order valence-electron chi connectivity index (χ2n) is 12.6. The number of hydrogen-bond acceptors (Lipinski definition) is 18. The molecule has 2 fully saturated rings. The van der Waals surface area contributed by atoms with Crippen LogP contribution in [0.2, 0.25) is 0 Å². The number of cyclic esters (lactones) is 1. The molecule has 0 aromatic heterocycles. The number of carbonyl (C=O) groups excluding carboxylic acids is 5. The van der Waals surface area contributed by atoms with Crippen molar-refractivity contribution in [1.82, 2.24) is 0 Å². The number of esters is 5. The summed E-state index contributed by atoms with van der Waals surface area (Å²) in [5, 5.41) is 10.2. The van der Waals surface area contributed by atoms with Crippen LogP contribution in [0.1, 0.15) is 55.6 Å². The third-order valence-corrected chi connectivity index (χ3v) is 12.2. The second-order valence-corrected chi connectivity index (χ2v) is 15.1. The number of rotatable bonds is 11. The van der Waals surface area contributed by atoms with Crippen molar-refractivity contribution in [2.45, 2.75) is 68.7 Å². The predicted octanol–water partition coefficient (Wildman–Crippen LogP) is 3.58. The number of phenols is 1. The lowest BCUT2D eigenvalue weighted by atomic mass is 9.67. The number of aromatic hydroxyl groups is 1. The first-order valence-corrected chi connectivity index (χ1v) is 18.8. The van der Waals surface area contributed by atoms with Gasteiger partial charge in [-0.05, 0) is 41.0 Å². The third-order valence-electron chi connectivity index (χ3n) is 9.18. The maximum Gasteiger partial charge on any atom is 0.310 e. The van der Waals surface area contributed by atoms with Gasteiger partial charge in [0.2, 0.25) is 12.5 Å². The average molecular weight is 779 g/mol. The molecule has 18 heteroatoms. The molecule has 6 rings (SSSR count). The summed E-state index contributed by atoms with van der Waals surface area (Å²) >= 11 is 0. The molecule has 0 bridgehead atoms. The number of methoxy groups -OCH3 is 2. The van der Waals surface area contributed by atoms with Gasteiger partial charge in [0.25, 0.3) is 0 Å². The van der Waals surface area contributed by atoms with E-state index in [1.165, 1.54) is 38.9 Å². The van der Waals surface area contributed by atoms with Crippen molar-refractivity contribution < 1.29 is 76.4 Å². The maximum atomic E-state index is 13.7. The molecule has 0 saturated carbocycles. The van der Waals surface area contributed by atoms with Gasteiger partial charge in [-0.3, -0.25) is 24.0 Å². The number of ether oxygens (including phenoxy) is 10. The Labute approximate surface area is 311 Å². The molecule has 9 atom stereocenters. The van der Waals surface area contributed by atoms with E-state index < -0.39 is 82.7 Å². The summed E-state index contributed by atoms with van der Waals surface area (Å²) in [5.41, 5.74) is 1.07. The fourth-order valence-electron chi connectivity index (χ4n) is 7.11. The van der Waals surface area contributed by atoms with Crippen molar-refractivity contribution in [3.05, 3.63) is 41.0 Å². The molecule has 0 radical (unpaired) electrons. The summed E-state index contributed by atoms with van der Waals surface area (Å²) in [7, 11) is 5.26. The van der Waals surface area contributed by atoms with Crippen LogP contribution in [0.3, 0.4) is 0 Å². The summed E-state index contributed by atoms with van der Waals surface area (Å²) in [4.78, 5) is 62.4. The minimum atomic E-state index is -1.34. The van der Waals surface area contributed by atoms with Crippen LogP contribution in [0.25, 0.3) is 0 Å². The fourth-order valence-corrected chi connectivity index (χ4v) is 10.4. The van der Waals surface area contributed by atoms with Gasteiger partial charge in [-0.1, -0.05) is 21.6 Å². The van der Waals surface area contributed by atoms with Crippen LogP contribution in [0, 0.1) is 11.8 Å². The molecule has 4 aliphatic rings. The van der Waals surface area contributed by atoms with Gasteiger partial charge in [0, 0.05) is 44.8 Å². The minimum Gasteiger partial charge on any atom is -0.502 e. The molecule has 2 aromatic rings. The fraction of sp³-hybridized carbons (Fsp3) is 0.514. The van der Waals surface area contributed by atoms with E-state index in [0.717, 1.165) is 35.8 Å². The number of carbonyl (C=O) groups is 5. The summed E-state index contributed by atoms with van der Waals surface area (Å²) in [6, 6.07) is 6.98. The third kappa shape index (κ3) is 7.75. The van der Waals surface area contributed by atoms with E-state index in [1.807, 2.05) is 12.1 Å². The van der Waals surface area contributed by atoms with E-state index in [0.29, 0.717) is 17.1 Å². The molecule has 0 unspecified atom stereocenters. The first-order chi connectivity index (χ1) is 25.3. The monoisotopic (exact) mass is 778 g/mol. The first-order valence-electron chi connectivity index (χ1n) is 16.5. The normalized spacial score (nSPS) is 28.1. The molecule has 53 heavy (non-hydrogen) atoms. The number of hydrogen-bond donors (Lipinski definition) is 1. The van der Waals surface area contributed by atoms with Gasteiger partial charge < -0.3 is 52.5 Å². The predicted molar refractivity (Wildman–Crippen MR) is 183 cm³/mol. The highest BCUT2D eigenvalue weighted by Crippen LogP contribution is 2.61. The van der Waals surface area contributed by atoms with E-state index in [1.54, 1.807) is 12.1 Å². The van der Waals surface area contributed by atoms with E-state index in [9.17, 15) is 29.1 Å². The van der Waals surface area contributed by atoms with Crippen molar-refractivity contribution in [3.63, 3.8) is 0 Å². The first kappa shape index (κ1) is 38.2. The Morgan fingerprint density at radius 1 is 0.774 bits per heavy atom. The molecule has 2 saturated heterocycles. The van der Waals surface area contributed by atoms with Crippen molar-refractivity contribution in [2.24, 2.45) is 11.8 Å². The quantitative estimate of drug-likeness (QED) is 0.197. The Hall–Kier alpha value is -4.55. The second kappa shape index (κ2) is 15.8. The molecule has 286 valence electrons. The maximum absolute atomic E-state index is 13.7. The Morgan fingerprint density at radius 2 is 1.36 bits per heavy atom. The van der Waals surface area contributed by atoms with E-state index >= 15 is 0 Å². The van der Waals surface area contributed by atoms with E-state index in [4.69, 9.17) is 47.4 Å². The zero-order valence-electron chi connectivity index (χ0n) is 29.5. The van der Waals surface area contributed by atoms with Gasteiger partial charge in [0.15, 0.2) is 46.7 Å². The molecule has 2 aromatic carbocycles. The van der Waals surface area contributed by atoms with Crippen LogP contribution in [0.4, 0.5) is 0 Å². The molecule has 16 nitrogen and oxygen atoms in total. The van der Waals surface area contributed by atoms with Crippen LogP contribution in [-0.2, 0) is 52.4 Å². The van der Waals surface area contributed by atoms with Crippen LogP contribution < -0.4 is 18.9 Å². The Balaban J connectivity index is 1.41. The highest BCUT2D eigenvalue weighted by molar-refractivity contribution is 8.77. The van der Waals surface area contributed by atoms with Gasteiger partial charge in [-0.25, -0.2) is 0 Å². The van der Waals surface area contributed by atoms with Gasteiger partial charge in [0.05, 0.1) is 26.7 Å². The summed E-state index contributed by atoms with van der Waals surface area (Å²) < 4.78 is 56.5. The van der Waals surface area contributed by atoms with Crippen LogP contribution in [0.15, 0.2) is 24.3 Å². The topological polar surface area (TPSA) is 198 Å². The summed E-state index contributed by atoms with van der Waals surface area (Å²) in [6.07, 6.45) is -5.05. The standard InChI is InChI=1S/C35H38O16S2/c1-14(36)44-12-26-30(48-15(2)37)31(49-16(3)38)32(50-17(4)39)35(51-26)53-52-33-20-10-23-22(46-13-47-23)9-19(20)27(28-21(33)11-45-34(28)41)18-7-24(42-5)29(40)25(8-18)43-6/h7-10,21,26-28,30-33,35,40H,11-13H2,1-6H3/t21-,26+,27+,28-,30-,31-,32+,33+,35-/m0/s1. The van der Waals surface area contributed by atoms with Gasteiger partial charge >= 0.3 is 29.8 Å². The lowest BCUT2D eigenvalue weighted by molar-refractivity contribution is -0.237. The molecule has 3 aliphatic heterocycles. The van der Waals surface area contributed by atoms with Crippen molar-refractivity contribution in [1.29, 1.82) is 0 Å². The zero-order chi connectivity index (χ0) is 38.1. The van der Waals surface area contributed by atoms with Crippen LogP contribution in [-0.4, -0.2) is 99.0 Å². The molecule has 0 amide bonds. The molecule has 1 N–H and O–H groups in total. The average Bonchev–Trinajstić information content (AvgIpc) is 3.72. The van der Waals surface area contributed by atoms with Crippen molar-refractivity contribution in [3.8, 4) is 28.7 Å². The molecular weight excluding hydrogens is 741 g/mol. The van der Waals surface area contributed by atoms with Crippen molar-refractivity contribution in [2.75, 3.05) is 34.2 Å². The van der Waals surface area contributed by atoms with Gasteiger partial charge in [-0.2, -0.15) is 0 Å². The molecular formula is C35H38O16S2. The zero-order valence-corrected chi connectivity index (χ0v) is 31.1. The molecule has 1 aliphatic carbocycles. The highest BCUT2D eigenvalue weighted by Gasteiger charge is 2.56. The van der Waals surface area contributed by atoms with E-state index in [-0.39, 0.29) is 37.3 Å². The summed E-state index contributed by atoms with van der Waals surface area (Å²) in [5.74, 6) is -3.91. The largest absolute Gasteiger partial charge is 0.502 e. The molecule has 3 heterocycles. The van der Waals surface area contributed by atoms with Crippen LogP contribution >= 0.6 is 21.6 Å². The molecule has 0 spiro atoms. The van der Waals surface area contributed by atoms with Gasteiger partial charge in [0.1, 0.15) is 12.7 Å². The number of phenolic OH excluding ortho intramolecular Hbond substituents is 1. The Bertz CT molecular complexity index is 1760. The minimum absolute atomic E-state index is 0.00402. The van der Waals surface area contributed by atoms with E-state index in [2.05, 4.69) is 0 Å².